The third-order valence-corrected chi connectivity index (χ3v) is 6.00. The first-order valence-electron chi connectivity index (χ1n) is 8.71. The van der Waals surface area contributed by atoms with Gasteiger partial charge in [-0.05, 0) is 49.4 Å². The SMILES string of the molecule is CC(=O)Nc1ccc(S[C@H](C)C(=O)N[C@H]2CCC[C@@H](C)[C@H]2C)cc1. The molecule has 0 heterocycles. The summed E-state index contributed by atoms with van der Waals surface area (Å²) in [4.78, 5) is 24.6. The fourth-order valence-corrected chi connectivity index (χ4v) is 4.04. The van der Waals surface area contributed by atoms with Crippen molar-refractivity contribution < 1.29 is 9.59 Å². The van der Waals surface area contributed by atoms with E-state index in [1.165, 1.54) is 19.8 Å². The molecular weight excluding hydrogens is 320 g/mol. The van der Waals surface area contributed by atoms with Gasteiger partial charge in [0.05, 0.1) is 5.25 Å². The van der Waals surface area contributed by atoms with Crippen molar-refractivity contribution >= 4 is 29.3 Å². The first-order chi connectivity index (χ1) is 11.4. The molecule has 0 bridgehead atoms. The predicted molar refractivity (Wildman–Crippen MR) is 100 cm³/mol. The molecule has 2 rings (SSSR count). The van der Waals surface area contributed by atoms with Crippen LogP contribution < -0.4 is 10.6 Å². The van der Waals surface area contributed by atoms with Crippen LogP contribution in [0.5, 0.6) is 0 Å². The van der Waals surface area contributed by atoms with E-state index in [2.05, 4.69) is 24.5 Å². The van der Waals surface area contributed by atoms with E-state index in [1.54, 1.807) is 11.8 Å². The Labute approximate surface area is 149 Å². The summed E-state index contributed by atoms with van der Waals surface area (Å²) >= 11 is 1.55. The third-order valence-electron chi connectivity index (χ3n) is 4.89. The summed E-state index contributed by atoms with van der Waals surface area (Å²) in [6.07, 6.45) is 3.54. The maximum Gasteiger partial charge on any atom is 0.233 e. The minimum Gasteiger partial charge on any atom is -0.352 e. The van der Waals surface area contributed by atoms with E-state index in [-0.39, 0.29) is 17.1 Å². The maximum absolute atomic E-state index is 12.5. The number of benzene rings is 1. The molecule has 2 amide bonds. The minimum atomic E-state index is -0.138. The second kappa shape index (κ2) is 8.56. The molecule has 0 radical (unpaired) electrons. The van der Waals surface area contributed by atoms with E-state index in [0.29, 0.717) is 17.9 Å². The van der Waals surface area contributed by atoms with Gasteiger partial charge >= 0.3 is 0 Å². The van der Waals surface area contributed by atoms with E-state index in [4.69, 9.17) is 0 Å². The van der Waals surface area contributed by atoms with Gasteiger partial charge in [-0.25, -0.2) is 0 Å². The van der Waals surface area contributed by atoms with Crippen LogP contribution in [0.3, 0.4) is 0 Å². The summed E-state index contributed by atoms with van der Waals surface area (Å²) < 4.78 is 0. The predicted octanol–water partition coefficient (Wildman–Crippen LogP) is 4.07. The highest BCUT2D eigenvalue weighted by atomic mass is 32.2. The molecule has 1 aromatic carbocycles. The molecule has 1 fully saturated rings. The molecule has 1 saturated carbocycles. The molecule has 2 N–H and O–H groups in total. The Balaban J connectivity index is 1.88. The molecule has 4 atom stereocenters. The van der Waals surface area contributed by atoms with E-state index in [1.807, 2.05) is 31.2 Å². The molecule has 0 aromatic heterocycles. The number of thioether (sulfide) groups is 1. The van der Waals surface area contributed by atoms with Gasteiger partial charge in [0.15, 0.2) is 0 Å². The number of nitrogens with one attached hydrogen (secondary N) is 2. The molecule has 0 aliphatic heterocycles. The molecule has 1 aliphatic carbocycles. The molecule has 132 valence electrons. The lowest BCUT2D eigenvalue weighted by Gasteiger charge is -2.35. The van der Waals surface area contributed by atoms with Crippen LogP contribution in [0.1, 0.15) is 47.0 Å². The van der Waals surface area contributed by atoms with Gasteiger partial charge in [0, 0.05) is 23.5 Å². The normalized spacial score (nSPS) is 24.9. The van der Waals surface area contributed by atoms with Crippen molar-refractivity contribution in [3.8, 4) is 0 Å². The van der Waals surface area contributed by atoms with E-state index in [0.717, 1.165) is 17.0 Å². The molecule has 1 aliphatic rings. The van der Waals surface area contributed by atoms with Gasteiger partial charge in [-0.1, -0.05) is 26.7 Å². The van der Waals surface area contributed by atoms with E-state index in [9.17, 15) is 9.59 Å². The lowest BCUT2D eigenvalue weighted by atomic mass is 9.78. The summed E-state index contributed by atoms with van der Waals surface area (Å²) in [5, 5.41) is 5.85. The molecule has 0 spiro atoms. The standard InChI is InChI=1S/C19H28N2O2S/c1-12-6-5-7-18(13(12)2)21-19(23)14(3)24-17-10-8-16(9-11-17)20-15(4)22/h8-14,18H,5-7H2,1-4H3,(H,20,22)(H,21,23)/t12-,13-,14-,18+/m1/s1. The third kappa shape index (κ3) is 5.26. The van der Waals surface area contributed by atoms with Crippen molar-refractivity contribution in [1.29, 1.82) is 0 Å². The van der Waals surface area contributed by atoms with Crippen LogP contribution in [-0.2, 0) is 9.59 Å². The topological polar surface area (TPSA) is 58.2 Å². The zero-order valence-corrected chi connectivity index (χ0v) is 15.8. The summed E-state index contributed by atoms with van der Waals surface area (Å²) in [5.41, 5.74) is 0.772. The first kappa shape index (κ1) is 18.8. The average Bonchev–Trinajstić information content (AvgIpc) is 2.53. The number of rotatable bonds is 5. The van der Waals surface area contributed by atoms with Crippen LogP contribution in [-0.4, -0.2) is 23.1 Å². The zero-order chi connectivity index (χ0) is 17.7. The molecule has 24 heavy (non-hydrogen) atoms. The van der Waals surface area contributed by atoms with Gasteiger partial charge in [0.1, 0.15) is 0 Å². The molecule has 1 aromatic rings. The Morgan fingerprint density at radius 1 is 1.17 bits per heavy atom. The van der Waals surface area contributed by atoms with Gasteiger partial charge in [0.25, 0.3) is 0 Å². The van der Waals surface area contributed by atoms with E-state index >= 15 is 0 Å². The van der Waals surface area contributed by atoms with Crippen molar-refractivity contribution in [2.45, 2.75) is 63.1 Å². The van der Waals surface area contributed by atoms with Gasteiger partial charge in [-0.15, -0.1) is 11.8 Å². The number of hydrogen-bond acceptors (Lipinski definition) is 3. The van der Waals surface area contributed by atoms with Gasteiger partial charge in [0.2, 0.25) is 11.8 Å². The zero-order valence-electron chi connectivity index (χ0n) is 15.0. The fraction of sp³-hybridized carbons (Fsp3) is 0.579. The Kier molecular flexibility index (Phi) is 6.72. The lowest BCUT2D eigenvalue weighted by Crippen LogP contribution is -2.46. The van der Waals surface area contributed by atoms with Gasteiger partial charge < -0.3 is 10.6 Å². The van der Waals surface area contributed by atoms with Crippen LogP contribution in [0.15, 0.2) is 29.2 Å². The Morgan fingerprint density at radius 3 is 2.46 bits per heavy atom. The summed E-state index contributed by atoms with van der Waals surface area (Å²) in [7, 11) is 0. The van der Waals surface area contributed by atoms with Gasteiger partial charge in [-0.3, -0.25) is 9.59 Å². The fourth-order valence-electron chi connectivity index (χ4n) is 3.16. The number of carbonyl (C=O) groups is 2. The van der Waals surface area contributed by atoms with Crippen LogP contribution in [0, 0.1) is 11.8 Å². The molecular formula is C19H28N2O2S. The quantitative estimate of drug-likeness (QED) is 0.789. The van der Waals surface area contributed by atoms with Crippen molar-refractivity contribution in [3.05, 3.63) is 24.3 Å². The first-order valence-corrected chi connectivity index (χ1v) is 9.59. The Hall–Kier alpha value is -1.49. The largest absolute Gasteiger partial charge is 0.352 e. The second-order valence-electron chi connectivity index (χ2n) is 6.85. The molecule has 5 heteroatoms. The molecule has 0 saturated heterocycles. The van der Waals surface area contributed by atoms with Gasteiger partial charge in [-0.2, -0.15) is 0 Å². The summed E-state index contributed by atoms with van der Waals surface area (Å²) in [6.45, 7) is 7.95. The maximum atomic E-state index is 12.5. The van der Waals surface area contributed by atoms with Crippen molar-refractivity contribution in [1.82, 2.24) is 5.32 Å². The Morgan fingerprint density at radius 2 is 1.83 bits per heavy atom. The lowest BCUT2D eigenvalue weighted by molar-refractivity contribution is -0.121. The highest BCUT2D eigenvalue weighted by molar-refractivity contribution is 8.00. The molecule has 4 nitrogen and oxygen atoms in total. The van der Waals surface area contributed by atoms with Crippen LogP contribution in [0.4, 0.5) is 5.69 Å². The number of carbonyl (C=O) groups excluding carboxylic acids is 2. The number of hydrogen-bond donors (Lipinski definition) is 2. The minimum absolute atomic E-state index is 0.0843. The highest BCUT2D eigenvalue weighted by Crippen LogP contribution is 2.30. The smallest absolute Gasteiger partial charge is 0.233 e. The van der Waals surface area contributed by atoms with Crippen LogP contribution >= 0.6 is 11.8 Å². The van der Waals surface area contributed by atoms with Crippen molar-refractivity contribution in [3.63, 3.8) is 0 Å². The summed E-state index contributed by atoms with van der Waals surface area (Å²) in [5.74, 6) is 1.24. The van der Waals surface area contributed by atoms with Crippen LogP contribution in [0.2, 0.25) is 0 Å². The second-order valence-corrected chi connectivity index (χ2v) is 8.26. The van der Waals surface area contributed by atoms with Crippen molar-refractivity contribution in [2.24, 2.45) is 11.8 Å². The average molecular weight is 349 g/mol. The number of amides is 2. The molecule has 0 unspecified atom stereocenters. The number of anilines is 1. The van der Waals surface area contributed by atoms with E-state index < -0.39 is 0 Å². The summed E-state index contributed by atoms with van der Waals surface area (Å²) in [6, 6.07) is 7.89. The monoisotopic (exact) mass is 348 g/mol. The highest BCUT2D eigenvalue weighted by Gasteiger charge is 2.29. The van der Waals surface area contributed by atoms with Crippen LogP contribution in [0.25, 0.3) is 0 Å². The Bertz CT molecular complexity index is 573. The van der Waals surface area contributed by atoms with Crippen molar-refractivity contribution in [2.75, 3.05) is 5.32 Å².